The Balaban J connectivity index is 2.14. The largest absolute Gasteiger partial charge is 0.375 e. The number of ether oxygens (including phenoxy) is 1. The molecule has 0 saturated heterocycles. The van der Waals surface area contributed by atoms with Crippen LogP contribution in [0, 0.1) is 0 Å². The van der Waals surface area contributed by atoms with Crippen LogP contribution in [0.2, 0.25) is 5.02 Å². The molecule has 0 atom stereocenters. The third-order valence-electron chi connectivity index (χ3n) is 2.08. The third kappa shape index (κ3) is 6.11. The smallest absolute Gasteiger partial charge is 0.0717 e. The van der Waals surface area contributed by atoms with Gasteiger partial charge in [-0.05, 0) is 38.5 Å². The van der Waals surface area contributed by atoms with Crippen molar-refractivity contribution in [3.63, 3.8) is 0 Å². The van der Waals surface area contributed by atoms with Gasteiger partial charge in [0.15, 0.2) is 0 Å². The molecule has 0 spiro atoms. The van der Waals surface area contributed by atoms with Crippen molar-refractivity contribution >= 4 is 11.6 Å². The molecular formula is C13H20ClNO. The van der Waals surface area contributed by atoms with Crippen molar-refractivity contribution < 1.29 is 4.74 Å². The summed E-state index contributed by atoms with van der Waals surface area (Å²) < 4.78 is 5.55. The first-order chi connectivity index (χ1) is 7.47. The maximum atomic E-state index is 5.79. The highest BCUT2D eigenvalue weighted by molar-refractivity contribution is 6.30. The van der Waals surface area contributed by atoms with Crippen LogP contribution < -0.4 is 5.32 Å². The molecule has 1 aromatic rings. The van der Waals surface area contributed by atoms with Crippen LogP contribution in [-0.4, -0.2) is 18.7 Å². The number of rotatable bonds is 5. The first kappa shape index (κ1) is 13.5. The molecule has 0 aliphatic carbocycles. The molecule has 0 radical (unpaired) electrons. The fourth-order valence-corrected chi connectivity index (χ4v) is 1.39. The fraction of sp³-hybridized carbons (Fsp3) is 0.538. The van der Waals surface area contributed by atoms with Crippen molar-refractivity contribution in [3.8, 4) is 0 Å². The molecule has 0 amide bonds. The van der Waals surface area contributed by atoms with Crippen LogP contribution in [0.25, 0.3) is 0 Å². The lowest BCUT2D eigenvalue weighted by atomic mass is 10.1. The molecule has 0 heterocycles. The first-order valence-corrected chi connectivity index (χ1v) is 5.92. The molecule has 0 bridgehead atoms. The summed E-state index contributed by atoms with van der Waals surface area (Å²) in [6.07, 6.45) is 0. The predicted octanol–water partition coefficient (Wildman–Crippen LogP) is 3.24. The van der Waals surface area contributed by atoms with E-state index in [9.17, 15) is 0 Å². The summed E-state index contributed by atoms with van der Waals surface area (Å²) in [5.74, 6) is 0. The van der Waals surface area contributed by atoms with Gasteiger partial charge in [-0.15, -0.1) is 0 Å². The fourth-order valence-electron chi connectivity index (χ4n) is 1.27. The summed E-state index contributed by atoms with van der Waals surface area (Å²) in [7, 11) is 0. The highest BCUT2D eigenvalue weighted by Crippen LogP contribution is 2.10. The number of nitrogens with one attached hydrogen (secondary N) is 1. The summed E-state index contributed by atoms with van der Waals surface area (Å²) >= 11 is 5.79. The average Bonchev–Trinajstić information content (AvgIpc) is 2.19. The van der Waals surface area contributed by atoms with Gasteiger partial charge in [-0.2, -0.15) is 0 Å². The Labute approximate surface area is 103 Å². The lowest BCUT2D eigenvalue weighted by molar-refractivity contribution is 0.118. The topological polar surface area (TPSA) is 21.3 Å². The van der Waals surface area contributed by atoms with Crippen molar-refractivity contribution in [1.29, 1.82) is 0 Å². The zero-order chi connectivity index (χ0) is 12.0. The lowest BCUT2D eigenvalue weighted by Crippen LogP contribution is -2.37. The molecule has 0 unspecified atom stereocenters. The summed E-state index contributed by atoms with van der Waals surface area (Å²) in [4.78, 5) is 0. The molecule has 1 rings (SSSR count). The minimum absolute atomic E-state index is 0.156. The molecule has 0 saturated carbocycles. The monoisotopic (exact) mass is 241 g/mol. The molecule has 2 nitrogen and oxygen atoms in total. The van der Waals surface area contributed by atoms with E-state index in [0.29, 0.717) is 6.61 Å². The van der Waals surface area contributed by atoms with E-state index < -0.39 is 0 Å². The van der Waals surface area contributed by atoms with Crippen LogP contribution in [0.5, 0.6) is 0 Å². The van der Waals surface area contributed by atoms with Gasteiger partial charge in [-0.3, -0.25) is 0 Å². The summed E-state index contributed by atoms with van der Waals surface area (Å²) in [5.41, 5.74) is 1.31. The van der Waals surface area contributed by atoms with Gasteiger partial charge in [0.1, 0.15) is 0 Å². The van der Waals surface area contributed by atoms with Gasteiger partial charge in [0, 0.05) is 17.1 Å². The quantitative estimate of drug-likeness (QED) is 0.800. The van der Waals surface area contributed by atoms with Gasteiger partial charge in [0.05, 0.1) is 13.2 Å². The van der Waals surface area contributed by atoms with E-state index in [2.05, 4.69) is 26.1 Å². The summed E-state index contributed by atoms with van der Waals surface area (Å²) in [5, 5.41) is 4.13. The summed E-state index contributed by atoms with van der Waals surface area (Å²) in [6, 6.07) is 7.74. The minimum Gasteiger partial charge on any atom is -0.375 e. The normalized spacial score (nSPS) is 11.8. The average molecular weight is 242 g/mol. The Morgan fingerprint density at radius 1 is 1.19 bits per heavy atom. The molecule has 0 fully saturated rings. The standard InChI is InChI=1S/C13H20ClNO/c1-13(2,3)15-8-9-16-10-11-4-6-12(14)7-5-11/h4-7,15H,8-10H2,1-3H3. The lowest BCUT2D eigenvalue weighted by Gasteiger charge is -2.20. The molecule has 0 aliphatic rings. The van der Waals surface area contributed by atoms with Crippen molar-refractivity contribution in [3.05, 3.63) is 34.9 Å². The third-order valence-corrected chi connectivity index (χ3v) is 2.34. The highest BCUT2D eigenvalue weighted by atomic mass is 35.5. The summed E-state index contributed by atoms with van der Waals surface area (Å²) in [6.45, 7) is 8.67. The molecule has 16 heavy (non-hydrogen) atoms. The van der Waals surface area contributed by atoms with Crippen molar-refractivity contribution in [2.75, 3.05) is 13.2 Å². The second-order valence-electron chi connectivity index (χ2n) is 4.86. The highest BCUT2D eigenvalue weighted by Gasteiger charge is 2.06. The molecule has 0 aliphatic heterocycles. The van der Waals surface area contributed by atoms with Gasteiger partial charge in [-0.1, -0.05) is 23.7 Å². The zero-order valence-corrected chi connectivity index (χ0v) is 11.0. The van der Waals surface area contributed by atoms with Crippen LogP contribution in [0.3, 0.4) is 0 Å². The van der Waals surface area contributed by atoms with Gasteiger partial charge in [-0.25, -0.2) is 0 Å². The zero-order valence-electron chi connectivity index (χ0n) is 10.2. The van der Waals surface area contributed by atoms with Crippen LogP contribution in [0.4, 0.5) is 0 Å². The van der Waals surface area contributed by atoms with E-state index in [1.165, 1.54) is 0 Å². The van der Waals surface area contributed by atoms with E-state index >= 15 is 0 Å². The molecule has 1 aromatic carbocycles. The number of hydrogen-bond acceptors (Lipinski definition) is 2. The van der Waals surface area contributed by atoms with Crippen LogP contribution >= 0.6 is 11.6 Å². The maximum absolute atomic E-state index is 5.79. The van der Waals surface area contributed by atoms with E-state index in [0.717, 1.165) is 23.7 Å². The second-order valence-corrected chi connectivity index (χ2v) is 5.29. The SMILES string of the molecule is CC(C)(C)NCCOCc1ccc(Cl)cc1. The molecule has 3 heteroatoms. The van der Waals surface area contributed by atoms with Crippen molar-refractivity contribution in [1.82, 2.24) is 5.32 Å². The number of benzene rings is 1. The van der Waals surface area contributed by atoms with Crippen LogP contribution in [0.15, 0.2) is 24.3 Å². The van der Waals surface area contributed by atoms with Gasteiger partial charge in [0.25, 0.3) is 0 Å². The first-order valence-electron chi connectivity index (χ1n) is 5.54. The van der Waals surface area contributed by atoms with Crippen LogP contribution in [0.1, 0.15) is 26.3 Å². The molecule has 90 valence electrons. The predicted molar refractivity (Wildman–Crippen MR) is 68.9 cm³/mol. The van der Waals surface area contributed by atoms with E-state index in [1.54, 1.807) is 0 Å². The van der Waals surface area contributed by atoms with Gasteiger partial charge in [0.2, 0.25) is 0 Å². The van der Waals surface area contributed by atoms with E-state index in [4.69, 9.17) is 16.3 Å². The maximum Gasteiger partial charge on any atom is 0.0717 e. The van der Waals surface area contributed by atoms with Gasteiger partial charge >= 0.3 is 0 Å². The minimum atomic E-state index is 0.156. The van der Waals surface area contributed by atoms with Crippen LogP contribution in [-0.2, 0) is 11.3 Å². The molecule has 0 aromatic heterocycles. The Morgan fingerprint density at radius 2 is 1.81 bits per heavy atom. The molecular weight excluding hydrogens is 222 g/mol. The number of hydrogen-bond donors (Lipinski definition) is 1. The van der Waals surface area contributed by atoms with Gasteiger partial charge < -0.3 is 10.1 Å². The second kappa shape index (κ2) is 6.24. The Morgan fingerprint density at radius 3 is 2.38 bits per heavy atom. The molecule has 1 N–H and O–H groups in total. The Bertz CT molecular complexity index is 303. The Hall–Kier alpha value is -0.570. The Kier molecular flexibility index (Phi) is 5.26. The van der Waals surface area contributed by atoms with Crippen molar-refractivity contribution in [2.45, 2.75) is 32.9 Å². The number of halogens is 1. The van der Waals surface area contributed by atoms with E-state index in [-0.39, 0.29) is 5.54 Å². The van der Waals surface area contributed by atoms with Crippen molar-refractivity contribution in [2.24, 2.45) is 0 Å². The van der Waals surface area contributed by atoms with E-state index in [1.807, 2.05) is 24.3 Å².